The smallest absolute Gasteiger partial charge is 0.247 e. The molecule has 2 heterocycles. The largest absolute Gasteiger partial charge is 0.382 e. The van der Waals surface area contributed by atoms with Gasteiger partial charge >= 0.3 is 0 Å². The lowest BCUT2D eigenvalue weighted by atomic mass is 10.0. The second kappa shape index (κ2) is 6.58. The molecule has 136 valence electrons. The van der Waals surface area contributed by atoms with Crippen LogP contribution >= 0.6 is 0 Å². The van der Waals surface area contributed by atoms with Crippen LogP contribution in [0.15, 0.2) is 23.4 Å². The van der Waals surface area contributed by atoms with E-state index in [0.29, 0.717) is 22.9 Å². The van der Waals surface area contributed by atoms with Crippen LogP contribution < -0.4 is 21.8 Å². The van der Waals surface area contributed by atoms with E-state index < -0.39 is 5.82 Å². The molecule has 0 spiro atoms. The van der Waals surface area contributed by atoms with Crippen molar-refractivity contribution in [3.05, 3.63) is 35.3 Å². The standard InChI is InChI=1S/C17H20FN7O/c1-8(2)25-14(26)7-22-16-17(25)23-13(6-21-16)10-5-12(18)11(4-9(10)3)15(19)24-20/h4-6,8H,7,20H2,1-3H3,(H2,19,24)(H,21,22). The summed E-state index contributed by atoms with van der Waals surface area (Å²) in [7, 11) is 0. The summed E-state index contributed by atoms with van der Waals surface area (Å²) in [5, 5.41) is 6.28. The van der Waals surface area contributed by atoms with Crippen molar-refractivity contribution in [1.29, 1.82) is 0 Å². The molecule has 0 saturated carbocycles. The Balaban J connectivity index is 2.12. The van der Waals surface area contributed by atoms with Crippen LogP contribution in [0.1, 0.15) is 25.0 Å². The highest BCUT2D eigenvalue weighted by Gasteiger charge is 2.29. The van der Waals surface area contributed by atoms with Crippen molar-refractivity contribution in [2.75, 3.05) is 16.8 Å². The second-order valence-electron chi connectivity index (χ2n) is 6.30. The van der Waals surface area contributed by atoms with Crippen molar-refractivity contribution in [1.82, 2.24) is 9.97 Å². The number of carbonyl (C=O) groups excluding carboxylic acids is 1. The van der Waals surface area contributed by atoms with Gasteiger partial charge in [0.25, 0.3) is 0 Å². The van der Waals surface area contributed by atoms with Crippen LogP contribution in [0.4, 0.5) is 16.0 Å². The van der Waals surface area contributed by atoms with Crippen LogP contribution in [-0.2, 0) is 4.79 Å². The predicted octanol–water partition coefficient (Wildman–Crippen LogP) is 1.34. The minimum atomic E-state index is -0.563. The maximum atomic E-state index is 14.4. The average molecular weight is 357 g/mol. The fourth-order valence-corrected chi connectivity index (χ4v) is 2.92. The first kappa shape index (κ1) is 17.6. The Labute approximate surface area is 150 Å². The van der Waals surface area contributed by atoms with E-state index in [1.165, 1.54) is 6.07 Å². The van der Waals surface area contributed by atoms with Gasteiger partial charge in [-0.15, -0.1) is 0 Å². The van der Waals surface area contributed by atoms with Gasteiger partial charge in [0.05, 0.1) is 24.0 Å². The van der Waals surface area contributed by atoms with Gasteiger partial charge in [0.1, 0.15) is 5.82 Å². The molecule has 1 aromatic carbocycles. The molecule has 26 heavy (non-hydrogen) atoms. The van der Waals surface area contributed by atoms with Crippen molar-refractivity contribution < 1.29 is 9.18 Å². The number of aryl methyl sites for hydroxylation is 1. The summed E-state index contributed by atoms with van der Waals surface area (Å²) in [5.41, 5.74) is 7.48. The number of carbonyl (C=O) groups is 1. The van der Waals surface area contributed by atoms with Gasteiger partial charge in [-0.05, 0) is 38.5 Å². The Hall–Kier alpha value is -3.23. The summed E-state index contributed by atoms with van der Waals surface area (Å²) in [6.07, 6.45) is 1.54. The highest BCUT2D eigenvalue weighted by Crippen LogP contribution is 2.31. The molecule has 9 heteroatoms. The molecule has 1 aliphatic heterocycles. The number of nitrogens with zero attached hydrogens (tertiary/aromatic N) is 4. The minimum Gasteiger partial charge on any atom is -0.382 e. The number of nitrogens with one attached hydrogen (secondary N) is 1. The van der Waals surface area contributed by atoms with Crippen LogP contribution in [0.5, 0.6) is 0 Å². The number of aromatic nitrogens is 2. The van der Waals surface area contributed by atoms with Crippen molar-refractivity contribution in [2.24, 2.45) is 16.7 Å². The summed E-state index contributed by atoms with van der Waals surface area (Å²) >= 11 is 0. The van der Waals surface area contributed by atoms with Gasteiger partial charge in [0, 0.05) is 11.6 Å². The number of halogens is 1. The molecule has 0 fully saturated rings. The van der Waals surface area contributed by atoms with Crippen LogP contribution in [0.25, 0.3) is 11.3 Å². The molecule has 0 saturated heterocycles. The highest BCUT2D eigenvalue weighted by atomic mass is 19.1. The first-order valence-electron chi connectivity index (χ1n) is 8.10. The van der Waals surface area contributed by atoms with E-state index in [4.69, 9.17) is 11.6 Å². The Morgan fingerprint density at radius 3 is 2.81 bits per heavy atom. The third-order valence-electron chi connectivity index (χ3n) is 4.18. The first-order valence-corrected chi connectivity index (χ1v) is 8.10. The van der Waals surface area contributed by atoms with Crippen molar-refractivity contribution in [3.8, 4) is 11.3 Å². The number of amidine groups is 1. The quantitative estimate of drug-likeness (QED) is 0.330. The van der Waals surface area contributed by atoms with E-state index in [2.05, 4.69) is 20.4 Å². The van der Waals surface area contributed by atoms with E-state index in [1.54, 1.807) is 24.1 Å². The Kier molecular flexibility index (Phi) is 4.45. The summed E-state index contributed by atoms with van der Waals surface area (Å²) in [6, 6.07) is 2.80. The number of hydrazone groups is 1. The minimum absolute atomic E-state index is 0.0753. The Bertz CT molecular complexity index is 910. The summed E-state index contributed by atoms with van der Waals surface area (Å²) in [5.74, 6) is 5.35. The Morgan fingerprint density at radius 1 is 1.42 bits per heavy atom. The molecule has 0 bridgehead atoms. The van der Waals surface area contributed by atoms with E-state index in [9.17, 15) is 9.18 Å². The van der Waals surface area contributed by atoms with Gasteiger partial charge in [-0.3, -0.25) is 9.69 Å². The van der Waals surface area contributed by atoms with Crippen LogP contribution in [0.2, 0.25) is 0 Å². The van der Waals surface area contributed by atoms with E-state index >= 15 is 0 Å². The lowest BCUT2D eigenvalue weighted by Gasteiger charge is -2.31. The van der Waals surface area contributed by atoms with Crippen molar-refractivity contribution in [2.45, 2.75) is 26.8 Å². The molecule has 0 unspecified atom stereocenters. The number of anilines is 2. The van der Waals surface area contributed by atoms with Crippen LogP contribution in [0.3, 0.4) is 0 Å². The SMILES string of the molecule is Cc1cc(/C(N)=N/N)c(F)cc1-c1cnc2c(n1)N(C(C)C)C(=O)CN2. The van der Waals surface area contributed by atoms with E-state index in [1.807, 2.05) is 13.8 Å². The molecular weight excluding hydrogens is 337 g/mol. The van der Waals surface area contributed by atoms with Gasteiger partial charge < -0.3 is 16.9 Å². The zero-order valence-electron chi connectivity index (χ0n) is 14.7. The molecule has 5 N–H and O–H groups in total. The maximum absolute atomic E-state index is 14.4. The van der Waals surface area contributed by atoms with Gasteiger partial charge in [0.15, 0.2) is 17.5 Å². The van der Waals surface area contributed by atoms with Gasteiger partial charge in [-0.1, -0.05) is 0 Å². The normalized spacial score (nSPS) is 14.4. The number of rotatable bonds is 3. The fourth-order valence-electron chi connectivity index (χ4n) is 2.92. The fraction of sp³-hybridized carbons (Fsp3) is 0.294. The second-order valence-corrected chi connectivity index (χ2v) is 6.30. The van der Waals surface area contributed by atoms with Crippen molar-refractivity contribution in [3.63, 3.8) is 0 Å². The van der Waals surface area contributed by atoms with Crippen LogP contribution in [-0.4, -0.2) is 34.3 Å². The molecule has 0 aliphatic carbocycles. The summed E-state index contributed by atoms with van der Waals surface area (Å²) in [6.45, 7) is 5.76. The monoisotopic (exact) mass is 357 g/mol. The number of fused-ring (bicyclic) bond motifs is 1. The molecule has 1 aliphatic rings. The predicted molar refractivity (Wildman–Crippen MR) is 98.2 cm³/mol. The summed E-state index contributed by atoms with van der Waals surface area (Å²) < 4.78 is 14.4. The first-order chi connectivity index (χ1) is 12.3. The van der Waals surface area contributed by atoms with Gasteiger partial charge in [-0.2, -0.15) is 5.10 Å². The topological polar surface area (TPSA) is 123 Å². The van der Waals surface area contributed by atoms with Gasteiger partial charge in [0.2, 0.25) is 5.91 Å². The zero-order chi connectivity index (χ0) is 19.0. The van der Waals surface area contributed by atoms with E-state index in [-0.39, 0.29) is 29.9 Å². The highest BCUT2D eigenvalue weighted by molar-refractivity contribution is 6.01. The lowest BCUT2D eigenvalue weighted by Crippen LogP contribution is -2.45. The molecule has 1 amide bonds. The maximum Gasteiger partial charge on any atom is 0.247 e. The average Bonchev–Trinajstić information content (AvgIpc) is 2.61. The molecule has 1 aromatic heterocycles. The summed E-state index contributed by atoms with van der Waals surface area (Å²) in [4.78, 5) is 22.7. The molecule has 0 radical (unpaired) electrons. The number of amides is 1. The van der Waals surface area contributed by atoms with Crippen LogP contribution in [0, 0.1) is 12.7 Å². The van der Waals surface area contributed by atoms with Crippen molar-refractivity contribution >= 4 is 23.4 Å². The molecular formula is C17H20FN7O. The number of benzene rings is 1. The molecule has 0 atom stereocenters. The molecule has 2 aromatic rings. The third kappa shape index (κ3) is 2.92. The number of hydrogen-bond acceptors (Lipinski definition) is 6. The molecule has 3 rings (SSSR count). The lowest BCUT2D eigenvalue weighted by molar-refractivity contribution is -0.117. The van der Waals surface area contributed by atoms with Gasteiger partial charge in [-0.25, -0.2) is 14.4 Å². The zero-order valence-corrected chi connectivity index (χ0v) is 14.7. The number of nitrogens with two attached hydrogens (primary N) is 2. The van der Waals surface area contributed by atoms with E-state index in [0.717, 1.165) is 5.56 Å². The molecule has 8 nitrogen and oxygen atoms in total. The third-order valence-corrected chi connectivity index (χ3v) is 4.18. The Morgan fingerprint density at radius 2 is 2.15 bits per heavy atom. The number of hydrogen-bond donors (Lipinski definition) is 3.